The van der Waals surface area contributed by atoms with E-state index in [1.807, 2.05) is 13.1 Å². The van der Waals surface area contributed by atoms with Crippen LogP contribution in [-0.2, 0) is 6.54 Å². The SMILES string of the molecule is CNCc1nnc(-c2ccnnc2)s1. The lowest BCUT2D eigenvalue weighted by molar-refractivity contribution is 0.794. The predicted octanol–water partition coefficient (Wildman–Crippen LogP) is 0.714. The Morgan fingerprint density at radius 2 is 2.29 bits per heavy atom. The van der Waals surface area contributed by atoms with Gasteiger partial charge >= 0.3 is 0 Å². The van der Waals surface area contributed by atoms with E-state index in [0.29, 0.717) is 0 Å². The van der Waals surface area contributed by atoms with E-state index in [-0.39, 0.29) is 0 Å². The van der Waals surface area contributed by atoms with Crippen molar-refractivity contribution in [2.75, 3.05) is 7.05 Å². The summed E-state index contributed by atoms with van der Waals surface area (Å²) in [5.41, 5.74) is 0.958. The Bertz CT molecular complexity index is 399. The molecule has 0 amide bonds. The van der Waals surface area contributed by atoms with Gasteiger partial charge in [-0.3, -0.25) is 0 Å². The van der Waals surface area contributed by atoms with Gasteiger partial charge in [-0.1, -0.05) is 11.3 Å². The van der Waals surface area contributed by atoms with Gasteiger partial charge in [0.05, 0.1) is 12.4 Å². The van der Waals surface area contributed by atoms with Crippen LogP contribution in [-0.4, -0.2) is 27.4 Å². The quantitative estimate of drug-likeness (QED) is 0.803. The lowest BCUT2D eigenvalue weighted by Crippen LogP contribution is -2.04. The van der Waals surface area contributed by atoms with Crippen LogP contribution in [0.3, 0.4) is 0 Å². The van der Waals surface area contributed by atoms with Gasteiger partial charge in [0.1, 0.15) is 10.0 Å². The van der Waals surface area contributed by atoms with Crippen molar-refractivity contribution < 1.29 is 0 Å². The van der Waals surface area contributed by atoms with Gasteiger partial charge in [-0.25, -0.2) is 0 Å². The molecule has 1 N–H and O–H groups in total. The first-order valence-electron chi connectivity index (χ1n) is 4.14. The average molecular weight is 207 g/mol. The molecule has 2 heterocycles. The van der Waals surface area contributed by atoms with Crippen LogP contribution in [0.5, 0.6) is 0 Å². The molecule has 2 aromatic heterocycles. The van der Waals surface area contributed by atoms with Crippen LogP contribution in [0.4, 0.5) is 0 Å². The summed E-state index contributed by atoms with van der Waals surface area (Å²) >= 11 is 1.56. The van der Waals surface area contributed by atoms with Crippen LogP contribution in [0.2, 0.25) is 0 Å². The van der Waals surface area contributed by atoms with E-state index >= 15 is 0 Å². The zero-order chi connectivity index (χ0) is 9.80. The van der Waals surface area contributed by atoms with Gasteiger partial charge in [0, 0.05) is 12.1 Å². The molecule has 0 bridgehead atoms. The standard InChI is InChI=1S/C8H9N5S/c1-9-5-7-12-13-8(14-7)6-2-3-10-11-4-6/h2-4,9H,5H2,1H3. The number of hydrogen-bond acceptors (Lipinski definition) is 6. The molecule has 0 radical (unpaired) electrons. The summed E-state index contributed by atoms with van der Waals surface area (Å²) in [6, 6.07) is 1.87. The fourth-order valence-electron chi connectivity index (χ4n) is 1.01. The molecule has 0 aliphatic carbocycles. The third-order valence-corrected chi connectivity index (χ3v) is 2.60. The van der Waals surface area contributed by atoms with E-state index in [4.69, 9.17) is 0 Å². The van der Waals surface area contributed by atoms with Gasteiger partial charge in [0.15, 0.2) is 0 Å². The Labute approximate surface area is 85.2 Å². The van der Waals surface area contributed by atoms with Crippen LogP contribution >= 0.6 is 11.3 Å². The van der Waals surface area contributed by atoms with Crippen molar-refractivity contribution in [1.82, 2.24) is 25.7 Å². The lowest BCUT2D eigenvalue weighted by atomic mass is 10.3. The van der Waals surface area contributed by atoms with Crippen LogP contribution in [0, 0.1) is 0 Å². The molecule has 0 aliphatic rings. The fraction of sp³-hybridized carbons (Fsp3) is 0.250. The molecule has 2 aromatic rings. The molecule has 14 heavy (non-hydrogen) atoms. The molecule has 5 nitrogen and oxygen atoms in total. The van der Waals surface area contributed by atoms with Gasteiger partial charge < -0.3 is 5.32 Å². The second-order valence-corrected chi connectivity index (χ2v) is 3.72. The van der Waals surface area contributed by atoms with E-state index in [1.165, 1.54) is 0 Å². The van der Waals surface area contributed by atoms with E-state index in [1.54, 1.807) is 23.7 Å². The first-order valence-corrected chi connectivity index (χ1v) is 4.96. The molecular weight excluding hydrogens is 198 g/mol. The van der Waals surface area contributed by atoms with Crippen molar-refractivity contribution in [1.29, 1.82) is 0 Å². The summed E-state index contributed by atoms with van der Waals surface area (Å²) in [7, 11) is 1.88. The molecule has 0 spiro atoms. The Morgan fingerprint density at radius 1 is 1.36 bits per heavy atom. The molecule has 0 aliphatic heterocycles. The van der Waals surface area contributed by atoms with E-state index in [9.17, 15) is 0 Å². The number of hydrogen-bond donors (Lipinski definition) is 1. The van der Waals surface area contributed by atoms with Crippen LogP contribution in [0.25, 0.3) is 10.6 Å². The summed E-state index contributed by atoms with van der Waals surface area (Å²) < 4.78 is 0. The largest absolute Gasteiger partial charge is 0.313 e. The monoisotopic (exact) mass is 207 g/mol. The van der Waals surface area contributed by atoms with Crippen molar-refractivity contribution in [2.45, 2.75) is 6.54 Å². The van der Waals surface area contributed by atoms with Crippen molar-refractivity contribution in [3.8, 4) is 10.6 Å². The highest BCUT2D eigenvalue weighted by Gasteiger charge is 2.05. The summed E-state index contributed by atoms with van der Waals surface area (Å²) in [5.74, 6) is 0. The van der Waals surface area contributed by atoms with E-state index in [2.05, 4.69) is 25.7 Å². The molecular formula is C8H9N5S. The molecule has 0 saturated carbocycles. The number of nitrogens with zero attached hydrogens (tertiary/aromatic N) is 4. The molecule has 2 rings (SSSR count). The molecule has 0 aromatic carbocycles. The summed E-state index contributed by atoms with van der Waals surface area (Å²) in [5, 5.41) is 20.5. The van der Waals surface area contributed by atoms with E-state index < -0.39 is 0 Å². The van der Waals surface area contributed by atoms with Gasteiger partial charge in [-0.15, -0.1) is 10.2 Å². The number of rotatable bonds is 3. The number of nitrogens with one attached hydrogen (secondary N) is 1. The van der Waals surface area contributed by atoms with Crippen molar-refractivity contribution in [3.63, 3.8) is 0 Å². The van der Waals surface area contributed by atoms with Gasteiger partial charge in [-0.05, 0) is 13.1 Å². The normalized spacial score (nSPS) is 10.4. The van der Waals surface area contributed by atoms with Crippen molar-refractivity contribution in [2.24, 2.45) is 0 Å². The maximum absolute atomic E-state index is 4.07. The van der Waals surface area contributed by atoms with Gasteiger partial charge in [0.25, 0.3) is 0 Å². The van der Waals surface area contributed by atoms with Crippen molar-refractivity contribution in [3.05, 3.63) is 23.5 Å². The van der Waals surface area contributed by atoms with Gasteiger partial charge in [-0.2, -0.15) is 10.2 Å². The minimum Gasteiger partial charge on any atom is -0.313 e. The van der Waals surface area contributed by atoms with Crippen LogP contribution in [0.15, 0.2) is 18.5 Å². The minimum atomic E-state index is 0.746. The van der Waals surface area contributed by atoms with E-state index in [0.717, 1.165) is 22.1 Å². The Balaban J connectivity index is 2.25. The van der Waals surface area contributed by atoms with Crippen LogP contribution < -0.4 is 5.32 Å². The second-order valence-electron chi connectivity index (χ2n) is 2.66. The zero-order valence-electron chi connectivity index (χ0n) is 7.64. The Hall–Kier alpha value is -1.40. The Morgan fingerprint density at radius 3 is 3.00 bits per heavy atom. The minimum absolute atomic E-state index is 0.746. The smallest absolute Gasteiger partial charge is 0.149 e. The maximum atomic E-state index is 4.07. The third-order valence-electron chi connectivity index (χ3n) is 1.63. The molecule has 6 heteroatoms. The highest BCUT2D eigenvalue weighted by molar-refractivity contribution is 7.14. The fourth-order valence-corrected chi connectivity index (χ4v) is 1.85. The second kappa shape index (κ2) is 4.21. The zero-order valence-corrected chi connectivity index (χ0v) is 8.45. The lowest BCUT2D eigenvalue weighted by Gasteiger charge is -1.90. The highest BCUT2D eigenvalue weighted by atomic mass is 32.1. The first-order chi connectivity index (χ1) is 6.90. The third kappa shape index (κ3) is 1.91. The van der Waals surface area contributed by atoms with Crippen LogP contribution in [0.1, 0.15) is 5.01 Å². The Kier molecular flexibility index (Phi) is 2.76. The molecule has 72 valence electrons. The highest BCUT2D eigenvalue weighted by Crippen LogP contribution is 2.21. The van der Waals surface area contributed by atoms with Crippen molar-refractivity contribution >= 4 is 11.3 Å². The topological polar surface area (TPSA) is 63.6 Å². The average Bonchev–Trinajstić information content (AvgIpc) is 2.68. The summed E-state index contributed by atoms with van der Waals surface area (Å²) in [6.45, 7) is 0.746. The molecule has 0 saturated heterocycles. The molecule has 0 fully saturated rings. The first kappa shape index (κ1) is 9.17. The maximum Gasteiger partial charge on any atom is 0.149 e. The molecule has 0 atom stereocenters. The number of aromatic nitrogens is 4. The van der Waals surface area contributed by atoms with Gasteiger partial charge in [0.2, 0.25) is 0 Å². The summed E-state index contributed by atoms with van der Waals surface area (Å²) in [6.07, 6.45) is 3.33. The predicted molar refractivity (Wildman–Crippen MR) is 53.7 cm³/mol. The summed E-state index contributed by atoms with van der Waals surface area (Å²) in [4.78, 5) is 0. The molecule has 0 unspecified atom stereocenters.